The van der Waals surface area contributed by atoms with Crippen molar-refractivity contribution < 1.29 is 4.21 Å². The Labute approximate surface area is 170 Å². The van der Waals surface area contributed by atoms with Gasteiger partial charge in [0, 0.05) is 46.9 Å². The number of aliphatic imine (C=N–C) groups is 1. The third kappa shape index (κ3) is 6.84. The molecule has 1 aromatic rings. The van der Waals surface area contributed by atoms with Crippen molar-refractivity contribution in [2.45, 2.75) is 51.2 Å². The lowest BCUT2D eigenvalue weighted by molar-refractivity contribution is 0.299. The zero-order valence-electron chi connectivity index (χ0n) is 15.6. The highest BCUT2D eigenvalue weighted by Gasteiger charge is 2.24. The van der Waals surface area contributed by atoms with Crippen LogP contribution in [-0.4, -0.2) is 66.9 Å². The molecule has 2 N–H and O–H groups in total. The molecule has 2 heterocycles. The molecule has 0 saturated carbocycles. The number of aromatic nitrogens is 3. The molecule has 0 aromatic carbocycles. The first-order valence-corrected chi connectivity index (χ1v) is 10.0. The van der Waals surface area contributed by atoms with Crippen LogP contribution in [0.2, 0.25) is 0 Å². The first-order valence-electron chi connectivity index (χ1n) is 8.68. The van der Waals surface area contributed by atoms with E-state index < -0.39 is 10.8 Å². The van der Waals surface area contributed by atoms with E-state index in [1.165, 1.54) is 0 Å². The van der Waals surface area contributed by atoms with Gasteiger partial charge in [-0.3, -0.25) is 14.3 Å². The summed E-state index contributed by atoms with van der Waals surface area (Å²) in [5.74, 6) is 2.96. The second-order valence-electron chi connectivity index (χ2n) is 7.03. The third-order valence-electron chi connectivity index (χ3n) is 4.17. The van der Waals surface area contributed by atoms with Crippen molar-refractivity contribution in [2.75, 3.05) is 31.9 Å². The maximum atomic E-state index is 12.1. The van der Waals surface area contributed by atoms with E-state index in [1.54, 1.807) is 6.33 Å². The first-order chi connectivity index (χ1) is 11.4. The van der Waals surface area contributed by atoms with Gasteiger partial charge in [0.15, 0.2) is 5.96 Å². The minimum atomic E-state index is -0.861. The SMILES string of the molecule is CCNC(=NCCS(=O)C(C)(C)C)N1CCC(c2ncn[nH]2)CC1.I. The van der Waals surface area contributed by atoms with E-state index in [0.29, 0.717) is 18.2 Å². The van der Waals surface area contributed by atoms with Crippen LogP contribution >= 0.6 is 24.0 Å². The van der Waals surface area contributed by atoms with Crippen LogP contribution in [0.1, 0.15) is 52.3 Å². The summed E-state index contributed by atoms with van der Waals surface area (Å²) in [6, 6.07) is 0. The molecule has 1 fully saturated rings. The monoisotopic (exact) mass is 482 g/mol. The molecule has 0 bridgehead atoms. The lowest BCUT2D eigenvalue weighted by Crippen LogP contribution is -2.45. The number of guanidine groups is 1. The quantitative estimate of drug-likeness (QED) is 0.382. The molecule has 1 atom stereocenters. The molecule has 7 nitrogen and oxygen atoms in total. The van der Waals surface area contributed by atoms with Gasteiger partial charge in [-0.25, -0.2) is 4.98 Å². The summed E-state index contributed by atoms with van der Waals surface area (Å²) in [7, 11) is -0.861. The Hall–Kier alpha value is -0.710. The van der Waals surface area contributed by atoms with Gasteiger partial charge in [0.05, 0.1) is 6.54 Å². The Morgan fingerprint density at radius 3 is 2.64 bits per heavy atom. The molecule has 144 valence electrons. The van der Waals surface area contributed by atoms with Gasteiger partial charge in [-0.2, -0.15) is 5.10 Å². The Balaban J connectivity index is 0.00000312. The Bertz CT molecular complexity index is 549. The number of likely N-dealkylation sites (tertiary alicyclic amines) is 1. The largest absolute Gasteiger partial charge is 0.357 e. The number of piperidine rings is 1. The van der Waals surface area contributed by atoms with Crippen LogP contribution in [0.4, 0.5) is 0 Å². The van der Waals surface area contributed by atoms with Crippen LogP contribution in [0.15, 0.2) is 11.3 Å². The second kappa shape index (κ2) is 10.4. The molecule has 2 rings (SSSR count). The van der Waals surface area contributed by atoms with Gasteiger partial charge in [-0.15, -0.1) is 24.0 Å². The van der Waals surface area contributed by atoms with E-state index in [-0.39, 0.29) is 28.7 Å². The van der Waals surface area contributed by atoms with Crippen molar-refractivity contribution in [3.63, 3.8) is 0 Å². The van der Waals surface area contributed by atoms with Crippen molar-refractivity contribution in [2.24, 2.45) is 4.99 Å². The van der Waals surface area contributed by atoms with Gasteiger partial charge in [0.1, 0.15) is 12.2 Å². The average Bonchev–Trinajstić information content (AvgIpc) is 3.07. The van der Waals surface area contributed by atoms with Crippen LogP contribution in [0.3, 0.4) is 0 Å². The van der Waals surface area contributed by atoms with E-state index in [9.17, 15) is 4.21 Å². The average molecular weight is 482 g/mol. The van der Waals surface area contributed by atoms with Gasteiger partial charge in [0.2, 0.25) is 0 Å². The smallest absolute Gasteiger partial charge is 0.193 e. The zero-order valence-corrected chi connectivity index (χ0v) is 18.8. The summed E-state index contributed by atoms with van der Waals surface area (Å²) in [6.07, 6.45) is 3.64. The highest BCUT2D eigenvalue weighted by molar-refractivity contribution is 14.0. The van der Waals surface area contributed by atoms with Crippen LogP contribution in [0.25, 0.3) is 0 Å². The fourth-order valence-corrected chi connectivity index (χ4v) is 3.61. The highest BCUT2D eigenvalue weighted by Crippen LogP contribution is 2.24. The zero-order chi connectivity index (χ0) is 17.6. The topological polar surface area (TPSA) is 86.3 Å². The van der Waals surface area contributed by atoms with Gasteiger partial charge in [-0.1, -0.05) is 0 Å². The predicted octanol–water partition coefficient (Wildman–Crippen LogP) is 2.11. The lowest BCUT2D eigenvalue weighted by atomic mass is 9.96. The van der Waals surface area contributed by atoms with Crippen LogP contribution in [0, 0.1) is 0 Å². The van der Waals surface area contributed by atoms with Gasteiger partial charge in [-0.05, 0) is 40.5 Å². The van der Waals surface area contributed by atoms with Gasteiger partial charge < -0.3 is 10.2 Å². The highest BCUT2D eigenvalue weighted by atomic mass is 127. The number of nitrogens with one attached hydrogen (secondary N) is 2. The molecule has 1 aromatic heterocycles. The Morgan fingerprint density at radius 2 is 2.12 bits per heavy atom. The molecule has 0 aliphatic carbocycles. The molecular weight excluding hydrogens is 451 g/mol. The summed E-state index contributed by atoms with van der Waals surface area (Å²) >= 11 is 0. The second-order valence-corrected chi connectivity index (χ2v) is 9.35. The maximum Gasteiger partial charge on any atom is 0.193 e. The molecule has 9 heteroatoms. The number of nitrogens with zero attached hydrogens (tertiary/aromatic N) is 4. The number of hydrogen-bond acceptors (Lipinski definition) is 4. The molecule has 1 aliphatic rings. The maximum absolute atomic E-state index is 12.1. The molecule has 0 amide bonds. The van der Waals surface area contributed by atoms with Gasteiger partial charge in [0.25, 0.3) is 0 Å². The van der Waals surface area contributed by atoms with E-state index >= 15 is 0 Å². The van der Waals surface area contributed by atoms with Crippen molar-refractivity contribution in [1.82, 2.24) is 25.4 Å². The minimum absolute atomic E-state index is 0. The van der Waals surface area contributed by atoms with E-state index in [0.717, 1.165) is 44.3 Å². The number of hydrogen-bond donors (Lipinski definition) is 2. The fourth-order valence-electron chi connectivity index (χ4n) is 2.74. The van der Waals surface area contributed by atoms with Crippen molar-refractivity contribution in [3.8, 4) is 0 Å². The molecule has 1 aliphatic heterocycles. The summed E-state index contributed by atoms with van der Waals surface area (Å²) in [4.78, 5) is 11.2. The van der Waals surface area contributed by atoms with Crippen LogP contribution < -0.4 is 5.32 Å². The van der Waals surface area contributed by atoms with Crippen molar-refractivity contribution in [3.05, 3.63) is 12.2 Å². The van der Waals surface area contributed by atoms with Gasteiger partial charge >= 0.3 is 0 Å². The normalized spacial score (nSPS) is 17.9. The number of halogens is 1. The Morgan fingerprint density at radius 1 is 1.44 bits per heavy atom. The standard InChI is InChI=1S/C16H30N6OS.HI/c1-5-17-15(18-8-11-24(23)16(2,3)4)22-9-6-13(7-10-22)14-19-12-20-21-14;/h12-13H,5-11H2,1-4H3,(H,17,18)(H,19,20,21);1H. The first kappa shape index (κ1) is 22.3. The summed E-state index contributed by atoms with van der Waals surface area (Å²) in [6.45, 7) is 11.4. The Kier molecular flexibility index (Phi) is 9.33. The minimum Gasteiger partial charge on any atom is -0.357 e. The number of rotatable bonds is 5. The van der Waals surface area contributed by atoms with E-state index in [2.05, 4.69) is 37.3 Å². The third-order valence-corrected chi connectivity index (χ3v) is 6.09. The number of H-pyrrole nitrogens is 1. The van der Waals surface area contributed by atoms with Crippen molar-refractivity contribution in [1.29, 1.82) is 0 Å². The summed E-state index contributed by atoms with van der Waals surface area (Å²) in [5, 5.41) is 10.3. The van der Waals surface area contributed by atoms with Crippen molar-refractivity contribution >= 4 is 40.7 Å². The summed E-state index contributed by atoms with van der Waals surface area (Å²) in [5.41, 5.74) is 0. The summed E-state index contributed by atoms with van der Waals surface area (Å²) < 4.78 is 12.0. The molecule has 1 saturated heterocycles. The molecule has 25 heavy (non-hydrogen) atoms. The number of aromatic amines is 1. The van der Waals surface area contributed by atoms with Crippen LogP contribution in [0.5, 0.6) is 0 Å². The molecule has 0 spiro atoms. The molecule has 1 unspecified atom stereocenters. The van der Waals surface area contributed by atoms with E-state index in [1.807, 2.05) is 20.8 Å². The van der Waals surface area contributed by atoms with Crippen LogP contribution in [-0.2, 0) is 10.8 Å². The lowest BCUT2D eigenvalue weighted by Gasteiger charge is -2.33. The molecular formula is C16H31IN6OS. The predicted molar refractivity (Wildman–Crippen MR) is 114 cm³/mol. The fraction of sp³-hybridized carbons (Fsp3) is 0.812. The van der Waals surface area contributed by atoms with E-state index in [4.69, 9.17) is 0 Å². The molecule has 0 radical (unpaired) electrons.